The molecular formula is C27H19F5O5. The van der Waals surface area contributed by atoms with E-state index in [1.165, 1.54) is 56.5 Å². The third-order valence-electron chi connectivity index (χ3n) is 4.82. The topological polar surface area (TPSA) is 54.0 Å². The number of halogens is 5. The summed E-state index contributed by atoms with van der Waals surface area (Å²) in [5.74, 6) is -1.73. The van der Waals surface area contributed by atoms with Gasteiger partial charge in [0.25, 0.3) is 0 Å². The molecule has 37 heavy (non-hydrogen) atoms. The molecule has 3 aromatic rings. The first-order valence-corrected chi connectivity index (χ1v) is 10.4. The number of hydrogen-bond acceptors (Lipinski definition) is 5. The molecule has 0 unspecified atom stereocenters. The highest BCUT2D eigenvalue weighted by atomic mass is 19.3. The molecule has 3 rings (SSSR count). The Balaban J connectivity index is 1.98. The third-order valence-corrected chi connectivity index (χ3v) is 4.82. The molecule has 0 saturated heterocycles. The first-order chi connectivity index (χ1) is 17.6. The van der Waals surface area contributed by atoms with Crippen LogP contribution in [0.5, 0.6) is 23.0 Å². The lowest BCUT2D eigenvalue weighted by Gasteiger charge is -2.13. The molecule has 0 saturated carbocycles. The predicted octanol–water partition coefficient (Wildman–Crippen LogP) is 7.88. The lowest BCUT2D eigenvalue weighted by Crippen LogP contribution is -2.09. The molecule has 0 radical (unpaired) electrons. The normalized spacial score (nSPS) is 10.2. The Bertz CT molecular complexity index is 1390. The van der Waals surface area contributed by atoms with Crippen molar-refractivity contribution in [2.24, 2.45) is 0 Å². The Morgan fingerprint density at radius 2 is 1.27 bits per heavy atom. The lowest BCUT2D eigenvalue weighted by atomic mass is 9.99. The number of hydrogen-bond donors (Lipinski definition) is 0. The number of benzene rings is 3. The second-order valence-corrected chi connectivity index (χ2v) is 7.44. The molecule has 0 spiro atoms. The van der Waals surface area contributed by atoms with Gasteiger partial charge in [0, 0.05) is 11.1 Å². The fourth-order valence-corrected chi connectivity index (χ4v) is 3.13. The van der Waals surface area contributed by atoms with Crippen LogP contribution in [0.2, 0.25) is 0 Å². The summed E-state index contributed by atoms with van der Waals surface area (Å²) in [7, 11) is 1.34. The van der Waals surface area contributed by atoms with Crippen molar-refractivity contribution in [3.8, 4) is 45.3 Å². The van der Waals surface area contributed by atoms with Crippen LogP contribution in [0.15, 0.2) is 91.4 Å². The molecule has 0 atom stereocenters. The molecule has 0 amide bonds. The maximum Gasteiger partial charge on any atom is 0.338 e. The molecule has 0 aliphatic carbocycles. The quantitative estimate of drug-likeness (QED) is 0.0948. The highest BCUT2D eigenvalue weighted by Gasteiger charge is 2.16. The molecule has 192 valence electrons. The summed E-state index contributed by atoms with van der Waals surface area (Å²) in [6, 6.07) is 12.6. The van der Waals surface area contributed by atoms with Gasteiger partial charge < -0.3 is 18.9 Å². The van der Waals surface area contributed by atoms with Crippen molar-refractivity contribution in [1.82, 2.24) is 0 Å². The number of esters is 1. The number of carbonyl (C=O) groups is 1. The van der Waals surface area contributed by atoms with Crippen LogP contribution in [0.1, 0.15) is 6.92 Å². The van der Waals surface area contributed by atoms with Gasteiger partial charge in [-0.2, -0.15) is 17.6 Å². The number of rotatable bonds is 9. The van der Waals surface area contributed by atoms with E-state index in [0.29, 0.717) is 11.1 Å². The SMILES string of the molecule is C=C(C)C(=O)Oc1ccc(-c2ccc(-c3ccc(OC)c(OC=C(F)F)c3)cc2F)cc1OC=C(F)F. The van der Waals surface area contributed by atoms with E-state index >= 15 is 4.39 Å². The van der Waals surface area contributed by atoms with Gasteiger partial charge in [0.1, 0.15) is 5.82 Å². The van der Waals surface area contributed by atoms with E-state index in [2.05, 4.69) is 6.58 Å². The van der Waals surface area contributed by atoms with E-state index < -0.39 is 23.9 Å². The van der Waals surface area contributed by atoms with Gasteiger partial charge in [0.2, 0.25) is 0 Å². The molecule has 0 N–H and O–H groups in total. The molecule has 0 aliphatic rings. The summed E-state index contributed by atoms with van der Waals surface area (Å²) in [5.41, 5.74) is 1.24. The summed E-state index contributed by atoms with van der Waals surface area (Å²) in [6.45, 7) is 4.86. The van der Waals surface area contributed by atoms with Gasteiger partial charge in [-0.05, 0) is 53.9 Å². The van der Waals surface area contributed by atoms with Crippen LogP contribution in [0.4, 0.5) is 22.0 Å². The zero-order valence-electron chi connectivity index (χ0n) is 19.5. The van der Waals surface area contributed by atoms with E-state index in [4.69, 9.17) is 18.9 Å². The Hall–Kier alpha value is -4.60. The van der Waals surface area contributed by atoms with E-state index in [1.807, 2.05) is 0 Å². The summed E-state index contributed by atoms with van der Waals surface area (Å²) >= 11 is 0. The van der Waals surface area contributed by atoms with Gasteiger partial charge in [-0.1, -0.05) is 30.8 Å². The average molecular weight is 518 g/mol. The van der Waals surface area contributed by atoms with Crippen LogP contribution in [0.25, 0.3) is 22.3 Å². The van der Waals surface area contributed by atoms with Gasteiger partial charge in [-0.3, -0.25) is 0 Å². The molecule has 0 aliphatic heterocycles. The molecular weight excluding hydrogens is 499 g/mol. The van der Waals surface area contributed by atoms with Crippen LogP contribution in [-0.4, -0.2) is 13.1 Å². The average Bonchev–Trinajstić information content (AvgIpc) is 2.86. The molecule has 5 nitrogen and oxygen atoms in total. The number of carbonyl (C=O) groups excluding carboxylic acids is 1. The minimum atomic E-state index is -2.13. The first kappa shape index (κ1) is 27.0. The van der Waals surface area contributed by atoms with E-state index in [1.54, 1.807) is 12.1 Å². The fraction of sp³-hybridized carbons (Fsp3) is 0.0741. The minimum Gasteiger partial charge on any atom is -0.493 e. The van der Waals surface area contributed by atoms with Crippen molar-refractivity contribution in [2.45, 2.75) is 6.92 Å². The molecule has 0 fully saturated rings. The first-order valence-electron chi connectivity index (χ1n) is 10.4. The van der Waals surface area contributed by atoms with Crippen molar-refractivity contribution in [3.05, 3.63) is 97.3 Å². The predicted molar refractivity (Wildman–Crippen MR) is 126 cm³/mol. The summed E-state index contributed by atoms with van der Waals surface area (Å²) < 4.78 is 85.3. The Labute approximate surface area is 208 Å². The van der Waals surface area contributed by atoms with Gasteiger partial charge in [0.15, 0.2) is 35.5 Å². The van der Waals surface area contributed by atoms with E-state index in [9.17, 15) is 22.4 Å². The largest absolute Gasteiger partial charge is 0.493 e. The maximum atomic E-state index is 15.1. The third kappa shape index (κ3) is 6.97. The van der Waals surface area contributed by atoms with Crippen molar-refractivity contribution < 1.29 is 45.7 Å². The van der Waals surface area contributed by atoms with Crippen molar-refractivity contribution >= 4 is 5.97 Å². The number of ether oxygens (including phenoxy) is 4. The van der Waals surface area contributed by atoms with Gasteiger partial charge >= 0.3 is 18.1 Å². The van der Waals surface area contributed by atoms with Crippen LogP contribution in [-0.2, 0) is 4.79 Å². The van der Waals surface area contributed by atoms with Crippen molar-refractivity contribution in [2.75, 3.05) is 7.11 Å². The van der Waals surface area contributed by atoms with Gasteiger partial charge in [-0.15, -0.1) is 0 Å². The maximum absolute atomic E-state index is 15.1. The molecule has 0 aromatic heterocycles. The van der Waals surface area contributed by atoms with Crippen molar-refractivity contribution in [1.29, 1.82) is 0 Å². The van der Waals surface area contributed by atoms with Crippen LogP contribution >= 0.6 is 0 Å². The summed E-state index contributed by atoms with van der Waals surface area (Å²) in [5, 5.41) is 0. The Kier molecular flexibility index (Phi) is 8.68. The van der Waals surface area contributed by atoms with Gasteiger partial charge in [-0.25, -0.2) is 9.18 Å². The van der Waals surface area contributed by atoms with Crippen LogP contribution in [0, 0.1) is 5.82 Å². The minimum absolute atomic E-state index is 0.00729. The van der Waals surface area contributed by atoms with Crippen LogP contribution < -0.4 is 18.9 Å². The Morgan fingerprint density at radius 1 is 0.757 bits per heavy atom. The summed E-state index contributed by atoms with van der Waals surface area (Å²) in [4.78, 5) is 11.9. The molecule has 0 heterocycles. The highest BCUT2D eigenvalue weighted by Crippen LogP contribution is 2.37. The van der Waals surface area contributed by atoms with E-state index in [-0.39, 0.29) is 52.2 Å². The zero-order chi connectivity index (χ0) is 27.1. The van der Waals surface area contributed by atoms with E-state index in [0.717, 1.165) is 0 Å². The molecule has 0 bridgehead atoms. The zero-order valence-corrected chi connectivity index (χ0v) is 19.5. The monoisotopic (exact) mass is 518 g/mol. The highest BCUT2D eigenvalue weighted by molar-refractivity contribution is 5.89. The smallest absolute Gasteiger partial charge is 0.338 e. The van der Waals surface area contributed by atoms with Crippen LogP contribution in [0.3, 0.4) is 0 Å². The Morgan fingerprint density at radius 3 is 1.84 bits per heavy atom. The molecule has 10 heteroatoms. The number of methoxy groups -OCH3 is 1. The second kappa shape index (κ2) is 11.9. The second-order valence-electron chi connectivity index (χ2n) is 7.44. The standard InChI is InChI=1S/C27H19F5O5/c1-15(2)27(33)37-22-9-6-18(12-24(22)36-14-26(31)32)19-7-4-16(10-20(19)28)17-5-8-21(34-3)23(11-17)35-13-25(29)30/h4-14H,1H2,2-3H3. The molecule has 3 aromatic carbocycles. The van der Waals surface area contributed by atoms with Gasteiger partial charge in [0.05, 0.1) is 7.11 Å². The summed E-state index contributed by atoms with van der Waals surface area (Å²) in [6.07, 6.45) is -3.77. The lowest BCUT2D eigenvalue weighted by molar-refractivity contribution is -0.130. The fourth-order valence-electron chi connectivity index (χ4n) is 3.13. The van der Waals surface area contributed by atoms with Crippen molar-refractivity contribution in [3.63, 3.8) is 0 Å².